The minimum absolute atomic E-state index is 0.0275. The quantitative estimate of drug-likeness (QED) is 0.341. The Morgan fingerprint density at radius 1 is 1.10 bits per heavy atom. The van der Waals surface area contributed by atoms with E-state index in [0.717, 1.165) is 24.0 Å². The lowest BCUT2D eigenvalue weighted by molar-refractivity contribution is 0.0437. The third-order valence-corrected chi connectivity index (χ3v) is 5.58. The van der Waals surface area contributed by atoms with Crippen LogP contribution in [0.2, 0.25) is 10.0 Å². The van der Waals surface area contributed by atoms with Crippen LogP contribution in [0, 0.1) is 17.8 Å². The lowest BCUT2D eigenvalue weighted by Crippen LogP contribution is -2.05. The number of carbonyl (C=O) groups excluding carboxylic acids is 1. The highest BCUT2D eigenvalue weighted by atomic mass is 35.5. The monoisotopic (exact) mass is 439 g/mol. The summed E-state index contributed by atoms with van der Waals surface area (Å²) in [4.78, 5) is 12.4. The number of hydrogen-bond acceptors (Lipinski definition) is 4. The Bertz CT molecular complexity index is 1100. The molecule has 0 aliphatic heterocycles. The van der Waals surface area contributed by atoms with Crippen molar-refractivity contribution in [1.29, 1.82) is 0 Å². The predicted octanol–water partition coefficient (Wildman–Crippen LogP) is 6.55. The Morgan fingerprint density at radius 3 is 2.60 bits per heavy atom. The zero-order valence-corrected chi connectivity index (χ0v) is 17.7. The van der Waals surface area contributed by atoms with Gasteiger partial charge in [-0.15, -0.1) is 0 Å². The average molecular weight is 440 g/mol. The number of halogens is 2. The molecule has 6 heteroatoms. The minimum Gasteiger partial charge on any atom is -0.454 e. The fourth-order valence-corrected chi connectivity index (χ4v) is 3.70. The van der Waals surface area contributed by atoms with E-state index >= 15 is 0 Å². The summed E-state index contributed by atoms with van der Waals surface area (Å²) in [5.74, 6) is 6.81. The molecule has 1 aliphatic carbocycles. The van der Waals surface area contributed by atoms with Crippen LogP contribution in [0.15, 0.2) is 53.1 Å². The van der Waals surface area contributed by atoms with Gasteiger partial charge in [-0.3, -0.25) is 0 Å². The highest BCUT2D eigenvalue weighted by molar-refractivity contribution is 6.32. The summed E-state index contributed by atoms with van der Waals surface area (Å²) in [6.45, 7) is -0.0275. The molecule has 1 heterocycles. The van der Waals surface area contributed by atoms with Gasteiger partial charge in [0.15, 0.2) is 12.4 Å². The van der Waals surface area contributed by atoms with E-state index in [4.69, 9.17) is 32.5 Å². The maximum absolute atomic E-state index is 12.4. The van der Waals surface area contributed by atoms with Gasteiger partial charge in [0.25, 0.3) is 0 Å². The van der Waals surface area contributed by atoms with Crippen LogP contribution >= 0.6 is 23.2 Å². The zero-order chi connectivity index (χ0) is 20.9. The summed E-state index contributed by atoms with van der Waals surface area (Å²) in [7, 11) is 0. The van der Waals surface area contributed by atoms with Crippen molar-refractivity contribution in [3.8, 4) is 23.1 Å². The van der Waals surface area contributed by atoms with Crippen LogP contribution in [0.5, 0.6) is 0 Å². The van der Waals surface area contributed by atoms with Crippen LogP contribution in [0.25, 0.3) is 11.3 Å². The summed E-state index contributed by atoms with van der Waals surface area (Å²) < 4.78 is 10.6. The van der Waals surface area contributed by atoms with Gasteiger partial charge < -0.3 is 9.26 Å². The van der Waals surface area contributed by atoms with Crippen LogP contribution in [0.4, 0.5) is 0 Å². The molecule has 0 atom stereocenters. The first-order valence-electron chi connectivity index (χ1n) is 9.78. The molecular weight excluding hydrogens is 421 g/mol. The Morgan fingerprint density at radius 2 is 1.87 bits per heavy atom. The third kappa shape index (κ3) is 5.05. The maximum atomic E-state index is 12.4. The summed E-state index contributed by atoms with van der Waals surface area (Å²) in [5, 5.41) is 5.09. The molecule has 152 valence electrons. The highest BCUT2D eigenvalue weighted by Crippen LogP contribution is 2.25. The van der Waals surface area contributed by atoms with E-state index in [1.54, 1.807) is 36.4 Å². The van der Waals surface area contributed by atoms with Crippen molar-refractivity contribution in [3.63, 3.8) is 0 Å². The zero-order valence-electron chi connectivity index (χ0n) is 16.2. The first-order chi connectivity index (χ1) is 14.6. The number of hydrogen-bond donors (Lipinski definition) is 0. The number of aromatic nitrogens is 1. The summed E-state index contributed by atoms with van der Waals surface area (Å²) >= 11 is 12.2. The standard InChI is InChI=1S/C24H19Cl2NO3/c25-20-11-9-18(10-12-20)23-14-21(30-27-23)15-29-24(28)19-8-7-17(22(26)13-19)6-5-16-3-1-2-4-16/h7-14,16H,1-4,15H2. The van der Waals surface area contributed by atoms with E-state index in [-0.39, 0.29) is 6.61 Å². The van der Waals surface area contributed by atoms with Gasteiger partial charge in [-0.05, 0) is 43.2 Å². The molecule has 0 bridgehead atoms. The number of ether oxygens (including phenoxy) is 1. The van der Waals surface area contributed by atoms with Crippen LogP contribution in [-0.4, -0.2) is 11.1 Å². The Balaban J connectivity index is 1.37. The number of rotatable bonds is 4. The summed E-state index contributed by atoms with van der Waals surface area (Å²) in [5.41, 5.74) is 2.60. The molecule has 0 saturated heterocycles. The lowest BCUT2D eigenvalue weighted by Gasteiger charge is -2.04. The SMILES string of the molecule is O=C(OCc1cc(-c2ccc(Cl)cc2)no1)c1ccc(C#CC2CCCC2)c(Cl)c1. The topological polar surface area (TPSA) is 52.3 Å². The number of carbonyl (C=O) groups is 1. The van der Waals surface area contributed by atoms with E-state index in [2.05, 4.69) is 17.0 Å². The van der Waals surface area contributed by atoms with E-state index in [0.29, 0.717) is 33.0 Å². The molecule has 0 spiro atoms. The van der Waals surface area contributed by atoms with Crippen molar-refractivity contribution in [2.24, 2.45) is 5.92 Å². The lowest BCUT2D eigenvalue weighted by atomic mass is 10.1. The van der Waals surface area contributed by atoms with E-state index < -0.39 is 5.97 Å². The van der Waals surface area contributed by atoms with E-state index in [1.165, 1.54) is 12.8 Å². The molecule has 0 radical (unpaired) electrons. The number of esters is 1. The maximum Gasteiger partial charge on any atom is 0.338 e. The molecule has 0 N–H and O–H groups in total. The molecule has 30 heavy (non-hydrogen) atoms. The molecule has 4 rings (SSSR count). The molecule has 1 aliphatic rings. The van der Waals surface area contributed by atoms with Crippen LogP contribution < -0.4 is 0 Å². The minimum atomic E-state index is -0.489. The average Bonchev–Trinajstić information content (AvgIpc) is 3.44. The van der Waals surface area contributed by atoms with Gasteiger partial charge in [-0.1, -0.05) is 65.2 Å². The highest BCUT2D eigenvalue weighted by Gasteiger charge is 2.14. The molecule has 1 saturated carbocycles. The molecular formula is C24H19Cl2NO3. The Labute approximate surface area is 185 Å². The van der Waals surface area contributed by atoms with Crippen molar-refractivity contribution in [2.75, 3.05) is 0 Å². The van der Waals surface area contributed by atoms with Crippen LogP contribution in [0.1, 0.15) is 47.4 Å². The largest absolute Gasteiger partial charge is 0.454 e. The fourth-order valence-electron chi connectivity index (χ4n) is 3.35. The molecule has 0 unspecified atom stereocenters. The predicted molar refractivity (Wildman–Crippen MR) is 116 cm³/mol. The van der Waals surface area contributed by atoms with Gasteiger partial charge in [0, 0.05) is 28.1 Å². The second-order valence-electron chi connectivity index (χ2n) is 7.21. The molecule has 2 aromatic carbocycles. The van der Waals surface area contributed by atoms with Crippen molar-refractivity contribution >= 4 is 29.2 Å². The van der Waals surface area contributed by atoms with Gasteiger partial charge >= 0.3 is 5.97 Å². The summed E-state index contributed by atoms with van der Waals surface area (Å²) in [6.07, 6.45) is 4.78. The Hall–Kier alpha value is -2.74. The van der Waals surface area contributed by atoms with Gasteiger partial charge in [-0.2, -0.15) is 0 Å². The smallest absolute Gasteiger partial charge is 0.338 e. The molecule has 4 nitrogen and oxygen atoms in total. The second kappa shape index (κ2) is 9.38. The van der Waals surface area contributed by atoms with Crippen LogP contribution in [0.3, 0.4) is 0 Å². The normalized spacial score (nSPS) is 13.7. The van der Waals surface area contributed by atoms with Crippen LogP contribution in [-0.2, 0) is 11.3 Å². The van der Waals surface area contributed by atoms with E-state index in [9.17, 15) is 4.79 Å². The Kier molecular flexibility index (Phi) is 6.42. The molecule has 1 aromatic heterocycles. The van der Waals surface area contributed by atoms with Crippen molar-refractivity contribution in [2.45, 2.75) is 32.3 Å². The van der Waals surface area contributed by atoms with Gasteiger partial charge in [0.1, 0.15) is 5.69 Å². The van der Waals surface area contributed by atoms with E-state index in [1.807, 2.05) is 12.1 Å². The van der Waals surface area contributed by atoms with Crippen molar-refractivity contribution in [3.05, 3.63) is 75.5 Å². The third-order valence-electron chi connectivity index (χ3n) is 5.02. The molecule has 0 amide bonds. The van der Waals surface area contributed by atoms with Gasteiger partial charge in [0.2, 0.25) is 0 Å². The number of benzene rings is 2. The molecule has 1 fully saturated rings. The van der Waals surface area contributed by atoms with Crippen molar-refractivity contribution in [1.82, 2.24) is 5.16 Å². The van der Waals surface area contributed by atoms with Crippen molar-refractivity contribution < 1.29 is 14.1 Å². The second-order valence-corrected chi connectivity index (χ2v) is 8.05. The van der Waals surface area contributed by atoms with Gasteiger partial charge in [-0.25, -0.2) is 4.79 Å². The summed E-state index contributed by atoms with van der Waals surface area (Å²) in [6, 6.07) is 14.0. The molecule has 3 aromatic rings. The first kappa shape index (κ1) is 20.5. The van der Waals surface area contributed by atoms with Gasteiger partial charge in [0.05, 0.1) is 10.6 Å². The fraction of sp³-hybridized carbons (Fsp3) is 0.250. The number of nitrogens with zero attached hydrogens (tertiary/aromatic N) is 1. The first-order valence-corrected chi connectivity index (χ1v) is 10.5.